The normalized spacial score (nSPS) is 30.7. The number of β-amino-alcohol motifs (C(OH)–C–C–N with tert-alkyl or cyclic N) is 1. The zero-order chi connectivity index (χ0) is 14.1. The van der Waals surface area contributed by atoms with Gasteiger partial charge in [-0.25, -0.2) is 0 Å². The van der Waals surface area contributed by atoms with Gasteiger partial charge in [-0.3, -0.25) is 4.79 Å². The summed E-state index contributed by atoms with van der Waals surface area (Å²) in [5.74, 6) is 0.297. The lowest BCUT2D eigenvalue weighted by Crippen LogP contribution is -2.43. The molecular formula is C14H19BrN2O3. The van der Waals surface area contributed by atoms with Gasteiger partial charge in [0.1, 0.15) is 5.69 Å². The number of aliphatic hydroxyl groups is 1. The Labute approximate surface area is 126 Å². The number of halogens is 1. The van der Waals surface area contributed by atoms with E-state index in [1.54, 1.807) is 12.3 Å². The highest BCUT2D eigenvalue weighted by Gasteiger charge is 2.40. The van der Waals surface area contributed by atoms with Gasteiger partial charge >= 0.3 is 0 Å². The maximum Gasteiger partial charge on any atom is 0.270 e. The Balaban J connectivity index is 1.77. The summed E-state index contributed by atoms with van der Waals surface area (Å²) < 4.78 is 6.39. The van der Waals surface area contributed by atoms with Crippen molar-refractivity contribution in [3.63, 3.8) is 0 Å². The number of aliphatic hydroxyl groups excluding tert-OH is 1. The van der Waals surface area contributed by atoms with Crippen molar-refractivity contribution < 1.29 is 14.6 Å². The standard InChI is InChI=1S/C14H19BrN2O3/c15-10-4-12(16-6-10)14(19)17-7-11(18)5-13(17)9-2-1-3-20-8-9/h4,6,9,11,13,16,18H,1-3,5,7-8H2. The molecule has 0 bridgehead atoms. The van der Waals surface area contributed by atoms with Crippen LogP contribution in [0.5, 0.6) is 0 Å². The summed E-state index contributed by atoms with van der Waals surface area (Å²) in [6, 6.07) is 1.86. The molecule has 3 rings (SSSR count). The number of aromatic amines is 1. The lowest BCUT2D eigenvalue weighted by atomic mass is 9.91. The van der Waals surface area contributed by atoms with E-state index in [2.05, 4.69) is 20.9 Å². The van der Waals surface area contributed by atoms with Crippen molar-refractivity contribution in [2.24, 2.45) is 5.92 Å². The monoisotopic (exact) mass is 342 g/mol. The molecule has 110 valence electrons. The fourth-order valence-electron chi connectivity index (χ4n) is 3.24. The molecule has 20 heavy (non-hydrogen) atoms. The molecule has 0 spiro atoms. The number of H-pyrrole nitrogens is 1. The van der Waals surface area contributed by atoms with Gasteiger partial charge < -0.3 is 19.7 Å². The average molecular weight is 343 g/mol. The van der Waals surface area contributed by atoms with Gasteiger partial charge in [-0.15, -0.1) is 0 Å². The number of carbonyl (C=O) groups excluding carboxylic acids is 1. The molecule has 0 aromatic carbocycles. The van der Waals surface area contributed by atoms with Crippen LogP contribution in [0.1, 0.15) is 29.8 Å². The van der Waals surface area contributed by atoms with E-state index in [1.165, 1.54) is 0 Å². The fraction of sp³-hybridized carbons (Fsp3) is 0.643. The topological polar surface area (TPSA) is 65.6 Å². The molecule has 3 atom stereocenters. The highest BCUT2D eigenvalue weighted by atomic mass is 79.9. The Morgan fingerprint density at radius 1 is 1.55 bits per heavy atom. The molecule has 2 saturated heterocycles. The number of nitrogens with one attached hydrogen (secondary N) is 1. The van der Waals surface area contributed by atoms with Crippen LogP contribution in [-0.4, -0.2) is 52.8 Å². The smallest absolute Gasteiger partial charge is 0.270 e. The third-order valence-electron chi connectivity index (χ3n) is 4.20. The van der Waals surface area contributed by atoms with Crippen LogP contribution < -0.4 is 0 Å². The van der Waals surface area contributed by atoms with Crippen LogP contribution in [0.3, 0.4) is 0 Å². The molecule has 2 N–H and O–H groups in total. The van der Waals surface area contributed by atoms with Crippen LogP contribution in [-0.2, 0) is 4.74 Å². The fourth-order valence-corrected chi connectivity index (χ4v) is 3.58. The molecule has 6 heteroatoms. The number of rotatable bonds is 2. The summed E-state index contributed by atoms with van der Waals surface area (Å²) in [4.78, 5) is 17.4. The number of nitrogens with zero attached hydrogens (tertiary/aromatic N) is 1. The van der Waals surface area contributed by atoms with Gasteiger partial charge in [0, 0.05) is 35.8 Å². The van der Waals surface area contributed by atoms with E-state index in [9.17, 15) is 9.90 Å². The number of amides is 1. The SMILES string of the molecule is O=C(c1cc(Br)c[nH]1)N1CC(O)CC1C1CCCOC1. The third kappa shape index (κ3) is 2.77. The lowest BCUT2D eigenvalue weighted by molar-refractivity contribution is 0.0189. The Kier molecular flexibility index (Phi) is 4.14. The van der Waals surface area contributed by atoms with Gasteiger partial charge in [-0.05, 0) is 41.3 Å². The second kappa shape index (κ2) is 5.87. The van der Waals surface area contributed by atoms with E-state index >= 15 is 0 Å². The van der Waals surface area contributed by atoms with Gasteiger partial charge in [0.2, 0.25) is 0 Å². The molecular weight excluding hydrogens is 324 g/mol. The summed E-state index contributed by atoms with van der Waals surface area (Å²) in [5, 5.41) is 9.95. The molecule has 3 heterocycles. The number of carbonyl (C=O) groups is 1. The van der Waals surface area contributed by atoms with Crippen LogP contribution >= 0.6 is 15.9 Å². The molecule has 2 aliphatic rings. The van der Waals surface area contributed by atoms with E-state index in [0.717, 1.165) is 23.9 Å². The predicted octanol–water partition coefficient (Wildman–Crippen LogP) is 1.78. The van der Waals surface area contributed by atoms with Crippen molar-refractivity contribution in [1.82, 2.24) is 9.88 Å². The minimum Gasteiger partial charge on any atom is -0.391 e. The quantitative estimate of drug-likeness (QED) is 0.860. The van der Waals surface area contributed by atoms with Crippen molar-refractivity contribution in [3.05, 3.63) is 22.4 Å². The highest BCUT2D eigenvalue weighted by Crippen LogP contribution is 2.31. The van der Waals surface area contributed by atoms with Gasteiger partial charge in [0.05, 0.1) is 12.7 Å². The third-order valence-corrected chi connectivity index (χ3v) is 4.66. The highest BCUT2D eigenvalue weighted by molar-refractivity contribution is 9.10. The lowest BCUT2D eigenvalue weighted by Gasteiger charge is -2.33. The number of ether oxygens (including phenoxy) is 1. The summed E-state index contributed by atoms with van der Waals surface area (Å²) in [5.41, 5.74) is 0.563. The van der Waals surface area contributed by atoms with Gasteiger partial charge in [0.25, 0.3) is 5.91 Å². The predicted molar refractivity (Wildman–Crippen MR) is 77.5 cm³/mol. The minimum atomic E-state index is -0.427. The molecule has 1 aromatic heterocycles. The van der Waals surface area contributed by atoms with Gasteiger partial charge in [-0.1, -0.05) is 0 Å². The van der Waals surface area contributed by atoms with Gasteiger partial charge in [0.15, 0.2) is 0 Å². The number of hydrogen-bond donors (Lipinski definition) is 2. The molecule has 1 amide bonds. The average Bonchev–Trinajstić information content (AvgIpc) is 3.05. The molecule has 5 nitrogen and oxygen atoms in total. The molecule has 2 fully saturated rings. The van der Waals surface area contributed by atoms with E-state index < -0.39 is 6.10 Å². The van der Waals surface area contributed by atoms with Crippen LogP contribution in [0.2, 0.25) is 0 Å². The van der Waals surface area contributed by atoms with Crippen LogP contribution in [0.4, 0.5) is 0 Å². The Bertz CT molecular complexity index is 485. The second-order valence-electron chi connectivity index (χ2n) is 5.62. The number of likely N-dealkylation sites (tertiary alicyclic amines) is 1. The maximum absolute atomic E-state index is 12.6. The maximum atomic E-state index is 12.6. The van der Waals surface area contributed by atoms with E-state index in [0.29, 0.717) is 31.2 Å². The zero-order valence-corrected chi connectivity index (χ0v) is 12.8. The number of hydrogen-bond acceptors (Lipinski definition) is 3. The molecule has 2 aliphatic heterocycles. The summed E-state index contributed by atoms with van der Waals surface area (Å²) in [7, 11) is 0. The first-order chi connectivity index (χ1) is 9.65. The first-order valence-electron chi connectivity index (χ1n) is 7.06. The second-order valence-corrected chi connectivity index (χ2v) is 6.54. The Morgan fingerprint density at radius 3 is 3.05 bits per heavy atom. The van der Waals surface area contributed by atoms with E-state index in [-0.39, 0.29) is 11.9 Å². The van der Waals surface area contributed by atoms with E-state index in [4.69, 9.17) is 4.74 Å². The molecule has 0 saturated carbocycles. The molecule has 0 radical (unpaired) electrons. The molecule has 3 unspecified atom stereocenters. The Morgan fingerprint density at radius 2 is 2.40 bits per heavy atom. The van der Waals surface area contributed by atoms with Crippen molar-refractivity contribution >= 4 is 21.8 Å². The largest absolute Gasteiger partial charge is 0.391 e. The van der Waals surface area contributed by atoms with Crippen molar-refractivity contribution in [2.45, 2.75) is 31.4 Å². The summed E-state index contributed by atoms with van der Waals surface area (Å²) in [6.07, 6.45) is 4.08. The Hall–Kier alpha value is -0.850. The number of aromatic nitrogens is 1. The van der Waals surface area contributed by atoms with Crippen LogP contribution in [0.25, 0.3) is 0 Å². The van der Waals surface area contributed by atoms with Crippen molar-refractivity contribution in [2.75, 3.05) is 19.8 Å². The molecule has 1 aromatic rings. The van der Waals surface area contributed by atoms with Gasteiger partial charge in [-0.2, -0.15) is 0 Å². The summed E-state index contributed by atoms with van der Waals surface area (Å²) in [6.45, 7) is 1.91. The first kappa shape index (κ1) is 14.1. The van der Waals surface area contributed by atoms with E-state index in [1.807, 2.05) is 4.90 Å². The van der Waals surface area contributed by atoms with Crippen molar-refractivity contribution in [1.29, 1.82) is 0 Å². The zero-order valence-electron chi connectivity index (χ0n) is 11.2. The molecule has 0 aliphatic carbocycles. The van der Waals surface area contributed by atoms with Crippen molar-refractivity contribution in [3.8, 4) is 0 Å². The van der Waals surface area contributed by atoms with Crippen LogP contribution in [0.15, 0.2) is 16.7 Å². The minimum absolute atomic E-state index is 0.0391. The first-order valence-corrected chi connectivity index (χ1v) is 7.85. The van der Waals surface area contributed by atoms with Crippen LogP contribution in [0, 0.1) is 5.92 Å². The summed E-state index contributed by atoms with van der Waals surface area (Å²) >= 11 is 3.34.